The average Bonchev–Trinajstić information content (AvgIpc) is 3.03. The van der Waals surface area contributed by atoms with E-state index in [0.717, 1.165) is 22.3 Å². The molecule has 3 aromatic rings. The molecule has 140 valence electrons. The molecule has 0 aliphatic carbocycles. The normalized spacial score (nSPS) is 15.9. The summed E-state index contributed by atoms with van der Waals surface area (Å²) in [5.74, 6) is -0.938. The van der Waals surface area contributed by atoms with Gasteiger partial charge in [-0.05, 0) is 35.9 Å². The number of nitrogens with one attached hydrogen (secondary N) is 1. The summed E-state index contributed by atoms with van der Waals surface area (Å²) in [6, 6.07) is 11.4. The number of hydrogen-bond acceptors (Lipinski definition) is 5. The van der Waals surface area contributed by atoms with Crippen molar-refractivity contribution in [3.8, 4) is 5.75 Å². The second-order valence-electron chi connectivity index (χ2n) is 6.47. The van der Waals surface area contributed by atoms with Gasteiger partial charge in [0.15, 0.2) is 5.78 Å². The number of piperidine rings is 1. The number of carbonyl (C=O) groups is 3. The highest BCUT2D eigenvalue weighted by Gasteiger charge is 2.28. The molecule has 1 saturated heterocycles. The molecule has 28 heavy (non-hydrogen) atoms. The molecule has 0 saturated carbocycles. The molecule has 7 heteroatoms. The summed E-state index contributed by atoms with van der Waals surface area (Å²) in [5.41, 5.74) is 2.47. The number of ether oxygens (including phenoxy) is 1. The van der Waals surface area contributed by atoms with Crippen LogP contribution in [0.1, 0.15) is 17.5 Å². The van der Waals surface area contributed by atoms with Crippen LogP contribution in [-0.4, -0.2) is 34.3 Å². The maximum absolute atomic E-state index is 12.1. The molecule has 0 radical (unpaired) electrons. The first-order valence-corrected chi connectivity index (χ1v) is 8.71. The third kappa shape index (κ3) is 3.29. The molecule has 7 nitrogen and oxygen atoms in total. The van der Waals surface area contributed by atoms with E-state index >= 15 is 0 Å². The van der Waals surface area contributed by atoms with Crippen LogP contribution in [0.5, 0.6) is 5.75 Å². The Morgan fingerprint density at radius 2 is 1.96 bits per heavy atom. The van der Waals surface area contributed by atoms with Crippen molar-refractivity contribution in [2.45, 2.75) is 13.0 Å². The van der Waals surface area contributed by atoms with Crippen LogP contribution >= 0.6 is 0 Å². The van der Waals surface area contributed by atoms with Crippen molar-refractivity contribution in [3.63, 3.8) is 0 Å². The molecule has 0 unspecified atom stereocenters. The second kappa shape index (κ2) is 7.11. The molecule has 1 aliphatic rings. The number of methoxy groups -OCH3 is 1. The van der Waals surface area contributed by atoms with Gasteiger partial charge in [0.2, 0.25) is 5.91 Å². The molecule has 0 spiro atoms. The Balaban J connectivity index is 1.74. The summed E-state index contributed by atoms with van der Waals surface area (Å²) in [5, 5.41) is 3.00. The van der Waals surface area contributed by atoms with Crippen LogP contribution in [0.25, 0.3) is 17.1 Å². The molecular formula is C21H17N3O4. The number of ketones is 1. The summed E-state index contributed by atoms with van der Waals surface area (Å²) in [7, 11) is 1.62. The number of fused-ring (bicyclic) bond motifs is 1. The first kappa shape index (κ1) is 17.7. The fourth-order valence-corrected chi connectivity index (χ4v) is 3.22. The van der Waals surface area contributed by atoms with Crippen molar-refractivity contribution >= 4 is 34.7 Å². The molecule has 1 aromatic carbocycles. The van der Waals surface area contributed by atoms with Crippen molar-refractivity contribution in [3.05, 3.63) is 65.5 Å². The fraction of sp³-hybridized carbons (Fsp3) is 0.143. The van der Waals surface area contributed by atoms with Crippen LogP contribution in [0.15, 0.2) is 54.4 Å². The number of nitrogens with zero attached hydrogens (tertiary/aromatic N) is 2. The monoisotopic (exact) mass is 375 g/mol. The van der Waals surface area contributed by atoms with Gasteiger partial charge < -0.3 is 9.30 Å². The second-order valence-corrected chi connectivity index (χ2v) is 6.47. The van der Waals surface area contributed by atoms with Gasteiger partial charge in [-0.1, -0.05) is 12.1 Å². The van der Waals surface area contributed by atoms with Gasteiger partial charge in [0.1, 0.15) is 11.4 Å². The predicted octanol–water partition coefficient (Wildman–Crippen LogP) is 2.09. The van der Waals surface area contributed by atoms with E-state index in [-0.39, 0.29) is 12.0 Å². The summed E-state index contributed by atoms with van der Waals surface area (Å²) in [6.45, 7) is 0.569. The van der Waals surface area contributed by atoms with Crippen LogP contribution in [-0.2, 0) is 20.9 Å². The van der Waals surface area contributed by atoms with Gasteiger partial charge in [-0.15, -0.1) is 0 Å². The number of amides is 2. The van der Waals surface area contributed by atoms with Gasteiger partial charge in [0.05, 0.1) is 19.1 Å². The number of benzene rings is 1. The van der Waals surface area contributed by atoms with Gasteiger partial charge in [0.25, 0.3) is 5.91 Å². The molecule has 1 N–H and O–H groups in total. The summed E-state index contributed by atoms with van der Waals surface area (Å²) in [6.07, 6.45) is 4.76. The van der Waals surface area contributed by atoms with E-state index in [0.29, 0.717) is 12.1 Å². The average molecular weight is 375 g/mol. The van der Waals surface area contributed by atoms with Crippen LogP contribution in [0.3, 0.4) is 0 Å². The summed E-state index contributed by atoms with van der Waals surface area (Å²) >= 11 is 0. The lowest BCUT2D eigenvalue weighted by atomic mass is 10.0. The molecule has 0 bridgehead atoms. The van der Waals surface area contributed by atoms with Crippen molar-refractivity contribution in [2.75, 3.05) is 7.11 Å². The molecule has 1 fully saturated rings. The first-order chi connectivity index (χ1) is 13.5. The van der Waals surface area contributed by atoms with Crippen LogP contribution < -0.4 is 10.1 Å². The molecular weight excluding hydrogens is 358 g/mol. The summed E-state index contributed by atoms with van der Waals surface area (Å²) < 4.78 is 7.14. The van der Waals surface area contributed by atoms with Crippen molar-refractivity contribution in [1.29, 1.82) is 0 Å². The van der Waals surface area contributed by atoms with Gasteiger partial charge in [-0.25, -0.2) is 4.98 Å². The first-order valence-electron chi connectivity index (χ1n) is 8.71. The van der Waals surface area contributed by atoms with E-state index in [2.05, 4.69) is 10.3 Å². The van der Waals surface area contributed by atoms with Crippen LogP contribution in [0.4, 0.5) is 0 Å². The Bertz CT molecular complexity index is 1100. The lowest BCUT2D eigenvalue weighted by Gasteiger charge is -2.12. The topological polar surface area (TPSA) is 90.3 Å². The van der Waals surface area contributed by atoms with Gasteiger partial charge in [-0.2, -0.15) is 0 Å². The lowest BCUT2D eigenvalue weighted by Crippen LogP contribution is -2.40. The van der Waals surface area contributed by atoms with Crippen LogP contribution in [0.2, 0.25) is 0 Å². The van der Waals surface area contributed by atoms with E-state index in [1.807, 2.05) is 41.1 Å². The van der Waals surface area contributed by atoms with E-state index in [1.165, 1.54) is 6.08 Å². The number of rotatable bonds is 4. The Hall–Kier alpha value is -3.74. The Morgan fingerprint density at radius 3 is 2.68 bits per heavy atom. The number of aromatic nitrogens is 2. The Morgan fingerprint density at radius 1 is 1.18 bits per heavy atom. The van der Waals surface area contributed by atoms with E-state index in [9.17, 15) is 14.4 Å². The number of pyridine rings is 1. The number of imide groups is 1. The number of hydrogen-bond donors (Lipinski definition) is 1. The standard InChI is InChI=1S/C21H17N3O4/c1-28-15-6-4-13(5-7-15)11-24-12-14(16-3-2-8-22-20(16)24)9-17-18(25)10-19(26)23-21(17)27/h2-9,12H,10-11H2,1H3,(H,23,26,27)/b17-9-. The molecule has 3 heterocycles. The van der Waals surface area contributed by atoms with E-state index in [1.54, 1.807) is 19.4 Å². The maximum Gasteiger partial charge on any atom is 0.261 e. The highest BCUT2D eigenvalue weighted by Crippen LogP contribution is 2.24. The molecule has 0 atom stereocenters. The number of carbonyl (C=O) groups excluding carboxylic acids is 3. The highest BCUT2D eigenvalue weighted by atomic mass is 16.5. The molecule has 2 amide bonds. The number of Topliss-reactive ketones (excluding diaryl/α,β-unsaturated/α-hetero) is 1. The summed E-state index contributed by atoms with van der Waals surface area (Å²) in [4.78, 5) is 40.0. The molecule has 1 aliphatic heterocycles. The fourth-order valence-electron chi connectivity index (χ4n) is 3.22. The lowest BCUT2D eigenvalue weighted by molar-refractivity contribution is -0.134. The van der Waals surface area contributed by atoms with E-state index in [4.69, 9.17) is 4.74 Å². The highest BCUT2D eigenvalue weighted by molar-refractivity contribution is 6.32. The molecule has 2 aromatic heterocycles. The van der Waals surface area contributed by atoms with Crippen LogP contribution in [0, 0.1) is 0 Å². The van der Waals surface area contributed by atoms with Crippen molar-refractivity contribution < 1.29 is 19.1 Å². The van der Waals surface area contributed by atoms with Gasteiger partial charge in [0, 0.05) is 29.9 Å². The van der Waals surface area contributed by atoms with Gasteiger partial charge in [-0.3, -0.25) is 19.7 Å². The quantitative estimate of drug-likeness (QED) is 0.326. The SMILES string of the molecule is COc1ccc(Cn2cc(/C=C3/C(=O)CC(=O)NC3=O)c3cccnc32)cc1. The minimum absolute atomic E-state index is 0.0213. The van der Waals surface area contributed by atoms with E-state index < -0.39 is 17.6 Å². The Kier molecular flexibility index (Phi) is 4.49. The minimum Gasteiger partial charge on any atom is -0.497 e. The zero-order valence-corrected chi connectivity index (χ0v) is 15.1. The van der Waals surface area contributed by atoms with Crippen molar-refractivity contribution in [1.82, 2.24) is 14.9 Å². The minimum atomic E-state index is -0.666. The smallest absolute Gasteiger partial charge is 0.261 e. The molecule has 4 rings (SSSR count). The third-order valence-corrected chi connectivity index (χ3v) is 4.60. The zero-order chi connectivity index (χ0) is 19.7. The maximum atomic E-state index is 12.1. The van der Waals surface area contributed by atoms with Gasteiger partial charge >= 0.3 is 0 Å². The van der Waals surface area contributed by atoms with Crippen molar-refractivity contribution in [2.24, 2.45) is 0 Å². The Labute approximate surface area is 160 Å². The zero-order valence-electron chi connectivity index (χ0n) is 15.1. The predicted molar refractivity (Wildman–Crippen MR) is 103 cm³/mol. The third-order valence-electron chi connectivity index (χ3n) is 4.60. The largest absolute Gasteiger partial charge is 0.497 e.